The van der Waals surface area contributed by atoms with Crippen LogP contribution in [-0.2, 0) is 9.53 Å². The molecule has 0 radical (unpaired) electrons. The number of ether oxygens (including phenoxy) is 1. The molecule has 0 aliphatic heterocycles. The number of aliphatic carboxylic acids is 1. The molecule has 1 atom stereocenters. The second-order valence-electron chi connectivity index (χ2n) is 7.85. The maximum Gasteiger partial charge on any atom is 0.407 e. The average Bonchev–Trinajstić information content (AvgIpc) is 3.11. The Morgan fingerprint density at radius 1 is 0.906 bits per heavy atom. The molecule has 3 aromatic rings. The Morgan fingerprint density at radius 2 is 1.47 bits per heavy atom. The van der Waals surface area contributed by atoms with E-state index in [0.29, 0.717) is 5.56 Å². The summed E-state index contributed by atoms with van der Waals surface area (Å²) in [5, 5.41) is 11.8. The van der Waals surface area contributed by atoms with E-state index in [9.17, 15) is 19.5 Å². The van der Waals surface area contributed by atoms with Crippen molar-refractivity contribution in [1.82, 2.24) is 5.32 Å². The van der Waals surface area contributed by atoms with Gasteiger partial charge < -0.3 is 15.2 Å². The summed E-state index contributed by atoms with van der Waals surface area (Å²) in [6, 6.07) is 21.4. The Kier molecular flexibility index (Phi) is 6.03. The Hall–Kier alpha value is -3.93. The minimum absolute atomic E-state index is 0.0676. The third kappa shape index (κ3) is 4.39. The molecule has 0 heterocycles. The third-order valence-electron chi connectivity index (χ3n) is 5.70. The van der Waals surface area contributed by atoms with Gasteiger partial charge in [0.2, 0.25) is 0 Å². The number of amides is 1. The third-order valence-corrected chi connectivity index (χ3v) is 5.70. The van der Waals surface area contributed by atoms with E-state index >= 15 is 0 Å². The first-order chi connectivity index (χ1) is 15.4. The standard InChI is InChI=1S/C26H23NO5/c1-16-10-12-17(13-11-16)24(28)14-23(25(29)30)27-26(31)32-15-22-20-8-4-2-6-18(20)19-7-3-5-9-21(19)22/h2-13,22-23H,14-15H2,1H3,(H,27,31)(H,29,30). The molecule has 4 rings (SSSR count). The molecule has 0 saturated carbocycles. The predicted molar refractivity (Wildman–Crippen MR) is 120 cm³/mol. The van der Waals surface area contributed by atoms with Crippen molar-refractivity contribution in [2.24, 2.45) is 0 Å². The van der Waals surface area contributed by atoms with Gasteiger partial charge in [-0.15, -0.1) is 0 Å². The number of fused-ring (bicyclic) bond motifs is 3. The van der Waals surface area contributed by atoms with E-state index in [1.54, 1.807) is 24.3 Å². The normalized spacial score (nSPS) is 13.0. The summed E-state index contributed by atoms with van der Waals surface area (Å²) < 4.78 is 5.40. The molecule has 6 heteroatoms. The topological polar surface area (TPSA) is 92.7 Å². The second kappa shape index (κ2) is 9.06. The number of alkyl carbamates (subject to hydrolysis) is 1. The Morgan fingerprint density at radius 3 is 2.03 bits per heavy atom. The zero-order chi connectivity index (χ0) is 22.7. The van der Waals surface area contributed by atoms with Gasteiger partial charge in [0.25, 0.3) is 0 Å². The lowest BCUT2D eigenvalue weighted by Gasteiger charge is -2.17. The zero-order valence-corrected chi connectivity index (χ0v) is 17.6. The fraction of sp³-hybridized carbons (Fsp3) is 0.192. The minimum Gasteiger partial charge on any atom is -0.480 e. The summed E-state index contributed by atoms with van der Waals surface area (Å²) in [7, 11) is 0. The van der Waals surface area contributed by atoms with Crippen molar-refractivity contribution in [3.8, 4) is 11.1 Å². The molecule has 3 aromatic carbocycles. The summed E-state index contributed by atoms with van der Waals surface area (Å²) >= 11 is 0. The lowest BCUT2D eigenvalue weighted by Crippen LogP contribution is -2.42. The highest BCUT2D eigenvalue weighted by Crippen LogP contribution is 2.44. The predicted octanol–water partition coefficient (Wildman–Crippen LogP) is 4.56. The van der Waals surface area contributed by atoms with Crippen molar-refractivity contribution in [1.29, 1.82) is 0 Å². The van der Waals surface area contributed by atoms with Gasteiger partial charge >= 0.3 is 12.1 Å². The number of carboxylic acids is 1. The highest BCUT2D eigenvalue weighted by Gasteiger charge is 2.30. The van der Waals surface area contributed by atoms with Gasteiger partial charge in [-0.25, -0.2) is 9.59 Å². The van der Waals surface area contributed by atoms with Gasteiger partial charge in [0.05, 0.1) is 0 Å². The van der Waals surface area contributed by atoms with Crippen LogP contribution >= 0.6 is 0 Å². The summed E-state index contributed by atoms with van der Waals surface area (Å²) in [6.07, 6.45) is -1.22. The van der Waals surface area contributed by atoms with Crippen LogP contribution in [0.5, 0.6) is 0 Å². The van der Waals surface area contributed by atoms with Crippen LogP contribution in [0.15, 0.2) is 72.8 Å². The molecule has 1 unspecified atom stereocenters. The van der Waals surface area contributed by atoms with Crippen LogP contribution in [0.1, 0.15) is 39.4 Å². The van der Waals surface area contributed by atoms with E-state index in [1.165, 1.54) is 0 Å². The molecule has 162 valence electrons. The number of carboxylic acid groups (broad SMARTS) is 1. The number of aryl methyl sites for hydroxylation is 1. The first-order valence-electron chi connectivity index (χ1n) is 10.4. The Labute approximate surface area is 185 Å². The number of nitrogens with one attached hydrogen (secondary N) is 1. The Balaban J connectivity index is 1.41. The SMILES string of the molecule is Cc1ccc(C(=O)CC(NC(=O)OCC2c3ccccc3-c3ccccc32)C(=O)O)cc1. The van der Waals surface area contributed by atoms with Crippen molar-refractivity contribution in [2.75, 3.05) is 6.61 Å². The zero-order valence-electron chi connectivity index (χ0n) is 17.6. The van der Waals surface area contributed by atoms with Crippen molar-refractivity contribution in [3.05, 3.63) is 95.1 Å². The number of hydrogen-bond acceptors (Lipinski definition) is 4. The highest BCUT2D eigenvalue weighted by atomic mass is 16.5. The van der Waals surface area contributed by atoms with Gasteiger partial charge in [-0.1, -0.05) is 78.4 Å². The van der Waals surface area contributed by atoms with E-state index in [-0.39, 0.29) is 24.7 Å². The Bertz CT molecular complexity index is 1120. The van der Waals surface area contributed by atoms with Crippen molar-refractivity contribution >= 4 is 17.8 Å². The summed E-state index contributed by atoms with van der Waals surface area (Å²) in [5.74, 6) is -1.79. The maximum absolute atomic E-state index is 12.4. The summed E-state index contributed by atoms with van der Waals surface area (Å²) in [4.78, 5) is 36.5. The van der Waals surface area contributed by atoms with Crippen molar-refractivity contribution in [3.63, 3.8) is 0 Å². The van der Waals surface area contributed by atoms with Crippen LogP contribution in [0.2, 0.25) is 0 Å². The van der Waals surface area contributed by atoms with Gasteiger partial charge in [0.1, 0.15) is 12.6 Å². The molecule has 0 bridgehead atoms. The number of carbonyl (C=O) groups is 3. The molecule has 32 heavy (non-hydrogen) atoms. The fourth-order valence-corrected chi connectivity index (χ4v) is 4.03. The number of hydrogen-bond donors (Lipinski definition) is 2. The lowest BCUT2D eigenvalue weighted by molar-refractivity contribution is -0.139. The van der Waals surface area contributed by atoms with Gasteiger partial charge in [-0.05, 0) is 29.2 Å². The molecule has 0 saturated heterocycles. The fourth-order valence-electron chi connectivity index (χ4n) is 4.03. The van der Waals surface area contributed by atoms with Crippen LogP contribution < -0.4 is 5.32 Å². The van der Waals surface area contributed by atoms with Crippen LogP contribution in [0.3, 0.4) is 0 Å². The minimum atomic E-state index is -1.38. The average molecular weight is 429 g/mol. The van der Waals surface area contributed by atoms with E-state index in [1.807, 2.05) is 55.5 Å². The van der Waals surface area contributed by atoms with E-state index in [4.69, 9.17) is 4.74 Å². The van der Waals surface area contributed by atoms with Gasteiger partial charge in [0, 0.05) is 17.9 Å². The second-order valence-corrected chi connectivity index (χ2v) is 7.85. The van der Waals surface area contributed by atoms with E-state index in [0.717, 1.165) is 27.8 Å². The number of benzene rings is 3. The lowest BCUT2D eigenvalue weighted by atomic mass is 9.98. The number of carbonyl (C=O) groups excluding carboxylic acids is 2. The molecule has 0 fully saturated rings. The van der Waals surface area contributed by atoms with Crippen molar-refractivity contribution in [2.45, 2.75) is 25.3 Å². The summed E-state index contributed by atoms with van der Waals surface area (Å²) in [5.41, 5.74) is 5.72. The van der Waals surface area contributed by atoms with Crippen LogP contribution in [0.25, 0.3) is 11.1 Å². The van der Waals surface area contributed by atoms with Gasteiger partial charge in [0.15, 0.2) is 5.78 Å². The molecule has 0 spiro atoms. The molecule has 6 nitrogen and oxygen atoms in total. The van der Waals surface area contributed by atoms with E-state index in [2.05, 4.69) is 5.32 Å². The first kappa shape index (κ1) is 21.3. The molecular formula is C26H23NO5. The summed E-state index contributed by atoms with van der Waals surface area (Å²) in [6.45, 7) is 1.96. The van der Waals surface area contributed by atoms with Gasteiger partial charge in [-0.2, -0.15) is 0 Å². The number of Topliss-reactive ketones (excluding diaryl/α,β-unsaturated/α-hetero) is 1. The molecule has 0 aromatic heterocycles. The molecule has 1 amide bonds. The molecular weight excluding hydrogens is 406 g/mol. The molecule has 2 N–H and O–H groups in total. The van der Waals surface area contributed by atoms with Crippen molar-refractivity contribution < 1.29 is 24.2 Å². The molecule has 1 aliphatic carbocycles. The van der Waals surface area contributed by atoms with Crippen LogP contribution in [0.4, 0.5) is 4.79 Å². The van der Waals surface area contributed by atoms with Crippen LogP contribution in [0, 0.1) is 6.92 Å². The van der Waals surface area contributed by atoms with Crippen LogP contribution in [-0.4, -0.2) is 35.6 Å². The monoisotopic (exact) mass is 429 g/mol. The first-order valence-corrected chi connectivity index (χ1v) is 10.4. The smallest absolute Gasteiger partial charge is 0.407 e. The maximum atomic E-state index is 12.4. The van der Waals surface area contributed by atoms with Gasteiger partial charge in [-0.3, -0.25) is 4.79 Å². The quantitative estimate of drug-likeness (QED) is 0.537. The molecule has 1 aliphatic rings. The van der Waals surface area contributed by atoms with E-state index < -0.39 is 18.1 Å². The number of ketones is 1. The number of rotatable bonds is 7. The largest absolute Gasteiger partial charge is 0.480 e. The highest BCUT2D eigenvalue weighted by molar-refractivity contribution is 5.99.